The predicted molar refractivity (Wildman–Crippen MR) is 80.8 cm³/mol. The van der Waals surface area contributed by atoms with Crippen molar-refractivity contribution >= 4 is 6.03 Å². The van der Waals surface area contributed by atoms with E-state index in [1.165, 1.54) is 0 Å². The molecule has 0 aliphatic carbocycles. The summed E-state index contributed by atoms with van der Waals surface area (Å²) >= 11 is 0. The highest BCUT2D eigenvalue weighted by Gasteiger charge is 2.25. The first kappa shape index (κ1) is 13.7. The summed E-state index contributed by atoms with van der Waals surface area (Å²) in [4.78, 5) is 14.2. The van der Waals surface area contributed by atoms with Gasteiger partial charge in [-0.15, -0.1) is 0 Å². The Bertz CT molecular complexity index is 567. The van der Waals surface area contributed by atoms with Crippen LogP contribution < -0.4 is 5.32 Å². The Morgan fingerprint density at radius 1 is 1.33 bits per heavy atom. The van der Waals surface area contributed by atoms with Gasteiger partial charge in [-0.2, -0.15) is 5.10 Å². The lowest BCUT2D eigenvalue weighted by molar-refractivity contribution is 0.178. The summed E-state index contributed by atoms with van der Waals surface area (Å²) in [6.07, 6.45) is 3.90. The quantitative estimate of drug-likeness (QED) is 0.909. The minimum Gasteiger partial charge on any atom is -0.334 e. The van der Waals surface area contributed by atoms with E-state index >= 15 is 0 Å². The number of nitrogens with one attached hydrogen (secondary N) is 2. The highest BCUT2D eigenvalue weighted by molar-refractivity contribution is 5.74. The van der Waals surface area contributed by atoms with E-state index in [1.54, 1.807) is 6.20 Å². The number of urea groups is 1. The molecule has 1 aliphatic rings. The molecule has 21 heavy (non-hydrogen) atoms. The number of piperidine rings is 1. The number of carbonyl (C=O) groups is 1. The number of likely N-dealkylation sites (tertiary alicyclic amines) is 1. The van der Waals surface area contributed by atoms with Crippen LogP contribution in [0.5, 0.6) is 0 Å². The zero-order valence-electron chi connectivity index (χ0n) is 12.0. The summed E-state index contributed by atoms with van der Waals surface area (Å²) < 4.78 is 0. The first-order chi connectivity index (χ1) is 10.3. The normalized spacial score (nSPS) is 18.5. The number of rotatable bonds is 3. The number of aromatic amines is 1. The van der Waals surface area contributed by atoms with Gasteiger partial charge in [-0.1, -0.05) is 30.3 Å². The average molecular weight is 284 g/mol. The zero-order chi connectivity index (χ0) is 14.5. The van der Waals surface area contributed by atoms with E-state index in [1.807, 2.05) is 41.3 Å². The van der Waals surface area contributed by atoms with Crippen LogP contribution in [0.3, 0.4) is 0 Å². The van der Waals surface area contributed by atoms with Gasteiger partial charge in [-0.05, 0) is 24.5 Å². The van der Waals surface area contributed by atoms with E-state index in [9.17, 15) is 4.79 Å². The molecule has 2 amide bonds. The predicted octanol–water partition coefficient (Wildman–Crippen LogP) is 2.50. The number of nitrogens with zero attached hydrogens (tertiary/aromatic N) is 2. The largest absolute Gasteiger partial charge is 0.334 e. The second-order valence-corrected chi connectivity index (χ2v) is 5.44. The maximum atomic E-state index is 12.3. The summed E-state index contributed by atoms with van der Waals surface area (Å²) in [6, 6.07) is 12.0. The molecule has 1 atom stereocenters. The van der Waals surface area contributed by atoms with E-state index in [0.717, 1.165) is 37.2 Å². The number of carbonyl (C=O) groups excluding carboxylic acids is 1. The molecule has 1 unspecified atom stereocenters. The molecule has 1 aromatic heterocycles. The molecule has 2 aromatic rings. The van der Waals surface area contributed by atoms with Gasteiger partial charge in [0.25, 0.3) is 0 Å². The molecule has 0 bridgehead atoms. The number of amides is 2. The van der Waals surface area contributed by atoms with Crippen molar-refractivity contribution in [2.24, 2.45) is 0 Å². The molecule has 2 heterocycles. The van der Waals surface area contributed by atoms with Crippen LogP contribution >= 0.6 is 0 Å². The van der Waals surface area contributed by atoms with Gasteiger partial charge in [0.2, 0.25) is 0 Å². The molecule has 0 saturated carbocycles. The minimum absolute atomic E-state index is 0.0167. The molecular formula is C16H20N4O. The number of H-pyrrole nitrogens is 1. The Balaban J connectivity index is 1.55. The van der Waals surface area contributed by atoms with Crippen molar-refractivity contribution in [3.05, 3.63) is 53.9 Å². The number of aromatic nitrogens is 2. The van der Waals surface area contributed by atoms with E-state index in [0.29, 0.717) is 12.5 Å². The molecule has 0 spiro atoms. The van der Waals surface area contributed by atoms with E-state index in [-0.39, 0.29) is 6.03 Å². The Labute approximate surface area is 124 Å². The average Bonchev–Trinajstić information content (AvgIpc) is 3.08. The minimum atomic E-state index is 0.0167. The Morgan fingerprint density at radius 3 is 2.95 bits per heavy atom. The number of hydrogen-bond acceptors (Lipinski definition) is 2. The van der Waals surface area contributed by atoms with Gasteiger partial charge in [0.15, 0.2) is 0 Å². The van der Waals surface area contributed by atoms with Crippen LogP contribution in [0.1, 0.15) is 30.0 Å². The summed E-state index contributed by atoms with van der Waals surface area (Å²) in [5.74, 6) is 0.365. The van der Waals surface area contributed by atoms with Crippen LogP contribution in [0.4, 0.5) is 4.79 Å². The zero-order valence-corrected chi connectivity index (χ0v) is 12.0. The van der Waals surface area contributed by atoms with Gasteiger partial charge < -0.3 is 10.2 Å². The van der Waals surface area contributed by atoms with Crippen molar-refractivity contribution in [1.82, 2.24) is 20.4 Å². The summed E-state index contributed by atoms with van der Waals surface area (Å²) in [7, 11) is 0. The lowest BCUT2D eigenvalue weighted by Crippen LogP contribution is -2.44. The van der Waals surface area contributed by atoms with Crippen LogP contribution in [0.15, 0.2) is 42.6 Å². The number of benzene rings is 1. The Kier molecular flexibility index (Phi) is 4.19. The summed E-state index contributed by atoms with van der Waals surface area (Å²) in [6.45, 7) is 2.15. The fraction of sp³-hybridized carbons (Fsp3) is 0.375. The third-order valence-corrected chi connectivity index (χ3v) is 3.96. The lowest BCUT2D eigenvalue weighted by Gasteiger charge is -2.32. The van der Waals surface area contributed by atoms with Crippen molar-refractivity contribution in [3.8, 4) is 0 Å². The van der Waals surface area contributed by atoms with Crippen LogP contribution in [0.25, 0.3) is 0 Å². The fourth-order valence-electron chi connectivity index (χ4n) is 2.79. The first-order valence-corrected chi connectivity index (χ1v) is 7.39. The van der Waals surface area contributed by atoms with Crippen LogP contribution in [-0.2, 0) is 6.54 Å². The topological polar surface area (TPSA) is 61.0 Å². The molecule has 1 aliphatic heterocycles. The maximum absolute atomic E-state index is 12.3. The van der Waals surface area contributed by atoms with Crippen molar-refractivity contribution < 1.29 is 4.79 Å². The molecule has 1 saturated heterocycles. The smallest absolute Gasteiger partial charge is 0.317 e. The van der Waals surface area contributed by atoms with Crippen LogP contribution in [0.2, 0.25) is 0 Å². The standard InChI is InChI=1S/C16H20N4O/c21-16(17-11-13-5-2-1-3-6-13)20-10-4-7-14(12-20)15-8-9-18-19-15/h1-3,5-6,8-9,14H,4,7,10-12H2,(H,17,21)(H,18,19). The highest BCUT2D eigenvalue weighted by Crippen LogP contribution is 2.25. The second-order valence-electron chi connectivity index (χ2n) is 5.44. The first-order valence-electron chi connectivity index (χ1n) is 7.39. The van der Waals surface area contributed by atoms with Crippen molar-refractivity contribution in [1.29, 1.82) is 0 Å². The van der Waals surface area contributed by atoms with Crippen molar-refractivity contribution in [2.45, 2.75) is 25.3 Å². The van der Waals surface area contributed by atoms with Gasteiger partial charge in [-0.25, -0.2) is 4.79 Å². The molecule has 3 rings (SSSR count). The Hall–Kier alpha value is -2.30. The third kappa shape index (κ3) is 3.42. The van der Waals surface area contributed by atoms with Gasteiger partial charge >= 0.3 is 6.03 Å². The lowest BCUT2D eigenvalue weighted by atomic mass is 9.95. The molecule has 5 nitrogen and oxygen atoms in total. The number of hydrogen-bond donors (Lipinski definition) is 2. The van der Waals surface area contributed by atoms with Crippen molar-refractivity contribution in [3.63, 3.8) is 0 Å². The van der Waals surface area contributed by atoms with Gasteiger partial charge in [-0.3, -0.25) is 5.10 Å². The van der Waals surface area contributed by atoms with Crippen LogP contribution in [-0.4, -0.2) is 34.2 Å². The molecule has 110 valence electrons. The van der Waals surface area contributed by atoms with Gasteiger partial charge in [0.05, 0.1) is 0 Å². The highest BCUT2D eigenvalue weighted by atomic mass is 16.2. The third-order valence-electron chi connectivity index (χ3n) is 3.96. The van der Waals surface area contributed by atoms with E-state index < -0.39 is 0 Å². The van der Waals surface area contributed by atoms with Crippen molar-refractivity contribution in [2.75, 3.05) is 13.1 Å². The summed E-state index contributed by atoms with van der Waals surface area (Å²) in [5.41, 5.74) is 2.24. The fourth-order valence-corrected chi connectivity index (χ4v) is 2.79. The maximum Gasteiger partial charge on any atom is 0.317 e. The molecule has 0 radical (unpaired) electrons. The molecule has 1 aromatic carbocycles. The van der Waals surface area contributed by atoms with Crippen LogP contribution in [0, 0.1) is 0 Å². The SMILES string of the molecule is O=C(NCc1ccccc1)N1CCCC(c2ccn[nH]2)C1. The molecule has 1 fully saturated rings. The van der Waals surface area contributed by atoms with E-state index in [2.05, 4.69) is 15.5 Å². The monoisotopic (exact) mass is 284 g/mol. The second kappa shape index (κ2) is 6.43. The van der Waals surface area contributed by atoms with Gasteiger partial charge in [0, 0.05) is 37.4 Å². The van der Waals surface area contributed by atoms with E-state index in [4.69, 9.17) is 0 Å². The van der Waals surface area contributed by atoms with Gasteiger partial charge in [0.1, 0.15) is 0 Å². The molecule has 5 heteroatoms. The molecule has 2 N–H and O–H groups in total. The summed E-state index contributed by atoms with van der Waals surface area (Å²) in [5, 5.41) is 10.0. The Morgan fingerprint density at radius 2 is 2.19 bits per heavy atom. The molecular weight excluding hydrogens is 264 g/mol.